The van der Waals surface area contributed by atoms with E-state index >= 15 is 0 Å². The van der Waals surface area contributed by atoms with Crippen molar-refractivity contribution < 1.29 is 30.5 Å². The summed E-state index contributed by atoms with van der Waals surface area (Å²) in [6, 6.07) is 39.2. The molecule has 2 aromatic heterocycles. The molecular formula is C42H42N4O2Pt. The Hall–Kier alpha value is -4.77. The van der Waals surface area contributed by atoms with Gasteiger partial charge in [0, 0.05) is 50.2 Å². The largest absolute Gasteiger partial charge is 2.00 e. The summed E-state index contributed by atoms with van der Waals surface area (Å²) in [6.45, 7) is 5.03. The summed E-state index contributed by atoms with van der Waals surface area (Å²) in [6.07, 6.45) is 3.71. The van der Waals surface area contributed by atoms with Crippen LogP contribution < -0.4 is 19.7 Å². The molecular weight excluding hydrogens is 788 g/mol. The van der Waals surface area contributed by atoms with E-state index < -0.39 is 0 Å². The van der Waals surface area contributed by atoms with Crippen molar-refractivity contribution in [3.05, 3.63) is 138 Å². The van der Waals surface area contributed by atoms with E-state index in [-0.39, 0.29) is 21.1 Å². The zero-order chi connectivity index (χ0) is 34.0. The van der Waals surface area contributed by atoms with E-state index in [1.807, 2.05) is 100 Å². The van der Waals surface area contributed by atoms with E-state index in [4.69, 9.17) is 9.47 Å². The maximum absolute atomic E-state index is 5.40. The monoisotopic (exact) mass is 829 g/mol. The number of ether oxygens (including phenoxy) is 2. The fraction of sp³-hybridized carbons (Fsp3) is 0.190. The summed E-state index contributed by atoms with van der Waals surface area (Å²) in [5, 5.41) is 3.21. The van der Waals surface area contributed by atoms with Crippen molar-refractivity contribution in [3.63, 3.8) is 0 Å². The van der Waals surface area contributed by atoms with Gasteiger partial charge in [-0.3, -0.25) is 0 Å². The van der Waals surface area contributed by atoms with E-state index in [0.717, 1.165) is 74.1 Å². The summed E-state index contributed by atoms with van der Waals surface area (Å²) in [5.41, 5.74) is 13.0. The number of benzene rings is 4. The Morgan fingerprint density at radius 3 is 1.59 bits per heavy atom. The fourth-order valence-electron chi connectivity index (χ4n) is 5.74. The first-order chi connectivity index (χ1) is 23.4. The number of nitrogens with one attached hydrogen (secondary N) is 1. The number of methoxy groups -OCH3 is 2. The topological polar surface area (TPSA) is 59.5 Å². The van der Waals surface area contributed by atoms with Crippen LogP contribution in [0.3, 0.4) is 0 Å². The molecule has 0 saturated carbocycles. The van der Waals surface area contributed by atoms with Crippen LogP contribution in [0.15, 0.2) is 109 Å². The second-order valence-electron chi connectivity index (χ2n) is 11.6. The summed E-state index contributed by atoms with van der Waals surface area (Å²) in [7, 11) is 9.39. The van der Waals surface area contributed by atoms with Crippen molar-refractivity contribution in [2.45, 2.75) is 20.4 Å². The Balaban J connectivity index is 0.000000216. The molecule has 0 bridgehead atoms. The third-order valence-corrected chi connectivity index (χ3v) is 8.28. The van der Waals surface area contributed by atoms with Gasteiger partial charge in [-0.1, -0.05) is 101 Å². The van der Waals surface area contributed by atoms with Crippen molar-refractivity contribution >= 4 is 5.69 Å². The van der Waals surface area contributed by atoms with Crippen LogP contribution >= 0.6 is 0 Å². The van der Waals surface area contributed by atoms with E-state index in [0.29, 0.717) is 0 Å². The second kappa shape index (κ2) is 17.6. The zero-order valence-electron chi connectivity index (χ0n) is 29.1. The van der Waals surface area contributed by atoms with Crippen molar-refractivity contribution in [1.82, 2.24) is 15.3 Å². The molecule has 6 aromatic rings. The molecule has 7 heteroatoms. The molecule has 0 fully saturated rings. The van der Waals surface area contributed by atoms with Gasteiger partial charge >= 0.3 is 21.1 Å². The molecule has 0 aliphatic rings. The predicted molar refractivity (Wildman–Crippen MR) is 198 cm³/mol. The van der Waals surface area contributed by atoms with Crippen LogP contribution in [0.25, 0.3) is 44.8 Å². The molecule has 0 atom stereocenters. The molecule has 0 aliphatic carbocycles. The minimum Gasteiger partial charge on any atom is -0.540 e. The first-order valence-corrected chi connectivity index (χ1v) is 15.9. The minimum absolute atomic E-state index is 0. The standard InChI is InChI=1S/2C21H21N2O.Pt/c1-15-20(23(2)3)12-13-22-21(15)18-11-10-17(24-4)14-19(18)16-8-6-5-7-9-16;1-15-17(14-22-2)11-12-23-21(15)19-10-9-18(24-3)13-20(19)16-7-5-4-6-8-16;/h5-10,12-14H,1-4H3;4-9,11-13,22H,14H2,1-3H3;/q2*-1;+2. The first kappa shape index (κ1) is 37.1. The number of aromatic nitrogens is 2. The molecule has 4 aromatic carbocycles. The van der Waals surface area contributed by atoms with Crippen LogP contribution in [0, 0.1) is 26.0 Å². The molecule has 0 aliphatic heterocycles. The van der Waals surface area contributed by atoms with Crippen LogP contribution in [0.2, 0.25) is 0 Å². The van der Waals surface area contributed by atoms with Gasteiger partial charge in [0.15, 0.2) is 0 Å². The van der Waals surface area contributed by atoms with Gasteiger partial charge in [0.25, 0.3) is 0 Å². The van der Waals surface area contributed by atoms with Crippen molar-refractivity contribution in [2.24, 2.45) is 0 Å². The van der Waals surface area contributed by atoms with Gasteiger partial charge in [-0.2, -0.15) is 0 Å². The summed E-state index contributed by atoms with van der Waals surface area (Å²) >= 11 is 0. The zero-order valence-corrected chi connectivity index (χ0v) is 31.3. The van der Waals surface area contributed by atoms with E-state index in [1.165, 1.54) is 11.1 Å². The number of pyridine rings is 2. The number of rotatable bonds is 9. The molecule has 49 heavy (non-hydrogen) atoms. The van der Waals surface area contributed by atoms with Crippen LogP contribution in [-0.4, -0.2) is 45.3 Å². The first-order valence-electron chi connectivity index (χ1n) is 15.9. The average molecular weight is 830 g/mol. The molecule has 0 unspecified atom stereocenters. The smallest absolute Gasteiger partial charge is 0.540 e. The number of hydrogen-bond acceptors (Lipinski definition) is 6. The third-order valence-electron chi connectivity index (χ3n) is 8.28. The van der Waals surface area contributed by atoms with Crippen LogP contribution in [0.4, 0.5) is 5.69 Å². The average Bonchev–Trinajstić information content (AvgIpc) is 3.13. The van der Waals surface area contributed by atoms with Gasteiger partial charge in [-0.25, -0.2) is 0 Å². The molecule has 0 radical (unpaired) electrons. The molecule has 1 N–H and O–H groups in total. The van der Waals surface area contributed by atoms with Crippen LogP contribution in [0.1, 0.15) is 16.7 Å². The predicted octanol–water partition coefficient (Wildman–Crippen LogP) is 8.85. The van der Waals surface area contributed by atoms with Gasteiger partial charge < -0.3 is 29.7 Å². The Labute approximate surface area is 305 Å². The van der Waals surface area contributed by atoms with Gasteiger partial charge in [-0.15, -0.1) is 35.4 Å². The Bertz CT molecular complexity index is 1960. The van der Waals surface area contributed by atoms with Crippen molar-refractivity contribution in [3.8, 4) is 56.3 Å². The maximum atomic E-state index is 5.40. The maximum Gasteiger partial charge on any atom is 2.00 e. The molecule has 0 saturated heterocycles. The summed E-state index contributed by atoms with van der Waals surface area (Å²) in [5.74, 6) is 1.58. The van der Waals surface area contributed by atoms with Gasteiger partial charge in [-0.05, 0) is 55.5 Å². The molecule has 0 amide bonds. The van der Waals surface area contributed by atoms with Crippen LogP contribution in [0.5, 0.6) is 11.5 Å². The Morgan fingerprint density at radius 1 is 0.673 bits per heavy atom. The molecule has 6 rings (SSSR count). The van der Waals surface area contributed by atoms with E-state index in [9.17, 15) is 0 Å². The Morgan fingerprint density at radius 2 is 1.14 bits per heavy atom. The quantitative estimate of drug-likeness (QED) is 0.147. The fourth-order valence-corrected chi connectivity index (χ4v) is 5.74. The molecule has 2 heterocycles. The molecule has 6 nitrogen and oxygen atoms in total. The van der Waals surface area contributed by atoms with E-state index in [1.54, 1.807) is 14.2 Å². The van der Waals surface area contributed by atoms with Gasteiger partial charge in [0.1, 0.15) is 0 Å². The van der Waals surface area contributed by atoms with Crippen molar-refractivity contribution in [1.29, 1.82) is 0 Å². The van der Waals surface area contributed by atoms with Crippen LogP contribution in [-0.2, 0) is 27.6 Å². The number of anilines is 1. The summed E-state index contributed by atoms with van der Waals surface area (Å²) in [4.78, 5) is 11.4. The number of hydrogen-bond donors (Lipinski definition) is 1. The van der Waals surface area contributed by atoms with Gasteiger partial charge in [0.2, 0.25) is 0 Å². The normalized spacial score (nSPS) is 10.3. The second-order valence-corrected chi connectivity index (χ2v) is 11.6. The molecule has 252 valence electrons. The summed E-state index contributed by atoms with van der Waals surface area (Å²) < 4.78 is 10.8. The SMILES string of the molecule is CNCc1ccnc(-c2[c-]cc(OC)cc2-c2ccccc2)c1C.COc1c[c-]c(-c2nccc(N(C)C)c2C)c(-c2ccccc2)c1.[Pt+2]. The van der Waals surface area contributed by atoms with Gasteiger partial charge in [0.05, 0.1) is 14.2 Å². The minimum atomic E-state index is 0. The van der Waals surface area contributed by atoms with E-state index in [2.05, 4.69) is 76.5 Å². The third kappa shape index (κ3) is 8.64. The molecule has 0 spiro atoms. The number of nitrogens with zero attached hydrogens (tertiary/aromatic N) is 3. The Kier molecular flexibility index (Phi) is 13.3. The van der Waals surface area contributed by atoms with Crippen molar-refractivity contribution in [2.75, 3.05) is 40.3 Å².